The molecule has 0 unspecified atom stereocenters. The van der Waals surface area contributed by atoms with Crippen molar-refractivity contribution in [3.8, 4) is 0 Å². The van der Waals surface area contributed by atoms with E-state index in [9.17, 15) is 4.79 Å². The lowest BCUT2D eigenvalue weighted by Crippen LogP contribution is -2.41. The van der Waals surface area contributed by atoms with E-state index in [2.05, 4.69) is 23.6 Å². The molecule has 1 N–H and O–H groups in total. The number of allylic oxidation sites excluding steroid dienone is 2. The highest BCUT2D eigenvalue weighted by atomic mass is 16.2. The van der Waals surface area contributed by atoms with Crippen molar-refractivity contribution in [3.63, 3.8) is 0 Å². The second-order valence-corrected chi connectivity index (χ2v) is 4.10. The summed E-state index contributed by atoms with van der Waals surface area (Å²) in [5.74, 6) is -0.218. The Hall–Kier alpha value is -1.38. The van der Waals surface area contributed by atoms with Crippen LogP contribution in [-0.2, 0) is 4.79 Å². The third kappa shape index (κ3) is 4.03. The molecule has 0 aromatic carbocycles. The van der Waals surface area contributed by atoms with Crippen molar-refractivity contribution in [2.24, 2.45) is 4.99 Å². The topological polar surface area (TPSA) is 41.5 Å². The predicted molar refractivity (Wildman–Crippen MR) is 62.5 cm³/mol. The van der Waals surface area contributed by atoms with E-state index >= 15 is 0 Å². The van der Waals surface area contributed by atoms with Gasteiger partial charge in [0.25, 0.3) is 5.91 Å². The Morgan fingerprint density at radius 2 is 2.00 bits per heavy atom. The van der Waals surface area contributed by atoms with Crippen LogP contribution in [0.2, 0.25) is 0 Å². The minimum absolute atomic E-state index is 0. The lowest BCUT2D eigenvalue weighted by Gasteiger charge is -2.20. The highest BCUT2D eigenvalue weighted by molar-refractivity contribution is 5.95. The number of aliphatic imine (C=N–C) groups is 1. The van der Waals surface area contributed by atoms with Gasteiger partial charge in [-0.05, 0) is 40.0 Å². The standard InChI is InChI=1S/C11H18N2O.H2/c1-7-8(2)9(12-6)10(14)13-11(3,4)5;/h7H,1,6H2,2-5H3,(H,13,14);1H/b9-8-;. The van der Waals surface area contributed by atoms with Crippen LogP contribution in [0.4, 0.5) is 0 Å². The molecule has 0 saturated heterocycles. The number of rotatable bonds is 3. The Balaban J connectivity index is 0. The number of amides is 1. The monoisotopic (exact) mass is 196 g/mol. The molecule has 0 aliphatic heterocycles. The molecule has 0 heterocycles. The van der Waals surface area contributed by atoms with Crippen molar-refractivity contribution >= 4 is 12.6 Å². The van der Waals surface area contributed by atoms with Gasteiger partial charge < -0.3 is 5.32 Å². The molecule has 3 nitrogen and oxygen atoms in total. The molecule has 0 aliphatic rings. The van der Waals surface area contributed by atoms with Crippen LogP contribution in [0.15, 0.2) is 28.9 Å². The van der Waals surface area contributed by atoms with Gasteiger partial charge in [0, 0.05) is 6.97 Å². The average Bonchev–Trinajstić information content (AvgIpc) is 2.01. The Morgan fingerprint density at radius 1 is 1.50 bits per heavy atom. The summed E-state index contributed by atoms with van der Waals surface area (Å²) < 4.78 is 0. The van der Waals surface area contributed by atoms with Crippen molar-refractivity contribution in [1.29, 1.82) is 0 Å². The van der Waals surface area contributed by atoms with Crippen LogP contribution < -0.4 is 5.32 Å². The van der Waals surface area contributed by atoms with Crippen LogP contribution in [-0.4, -0.2) is 18.2 Å². The van der Waals surface area contributed by atoms with Crippen LogP contribution in [0.5, 0.6) is 0 Å². The van der Waals surface area contributed by atoms with E-state index in [0.717, 1.165) is 5.57 Å². The highest BCUT2D eigenvalue weighted by Gasteiger charge is 2.17. The van der Waals surface area contributed by atoms with Gasteiger partial charge in [-0.1, -0.05) is 12.7 Å². The van der Waals surface area contributed by atoms with Gasteiger partial charge in [-0.2, -0.15) is 0 Å². The van der Waals surface area contributed by atoms with Crippen LogP contribution in [0.25, 0.3) is 0 Å². The summed E-state index contributed by atoms with van der Waals surface area (Å²) in [5, 5.41) is 2.81. The quantitative estimate of drug-likeness (QED) is 0.420. The van der Waals surface area contributed by atoms with Crippen LogP contribution in [0, 0.1) is 0 Å². The van der Waals surface area contributed by atoms with Crippen LogP contribution in [0.3, 0.4) is 0 Å². The van der Waals surface area contributed by atoms with E-state index in [-0.39, 0.29) is 12.9 Å². The van der Waals surface area contributed by atoms with Crippen LogP contribution in [0.1, 0.15) is 29.1 Å². The molecule has 14 heavy (non-hydrogen) atoms. The second kappa shape index (κ2) is 4.74. The van der Waals surface area contributed by atoms with Crippen molar-refractivity contribution < 1.29 is 6.22 Å². The Morgan fingerprint density at radius 3 is 2.29 bits per heavy atom. The Bertz CT molecular complexity index is 287. The largest absolute Gasteiger partial charge is 0.346 e. The summed E-state index contributed by atoms with van der Waals surface area (Å²) >= 11 is 0. The molecule has 1 amide bonds. The predicted octanol–water partition coefficient (Wildman–Crippen LogP) is 2.31. The Labute approximate surface area is 87.1 Å². The number of carbonyl (C=O) groups is 1. The number of hydrogen-bond acceptors (Lipinski definition) is 2. The Kier molecular flexibility index (Phi) is 4.28. The summed E-state index contributed by atoms with van der Waals surface area (Å²) in [6.07, 6.45) is 1.59. The molecule has 0 rings (SSSR count). The molecule has 0 radical (unpaired) electrons. The molecule has 0 fully saturated rings. The zero-order valence-corrected chi connectivity index (χ0v) is 9.35. The molecule has 0 spiro atoms. The molecule has 0 atom stereocenters. The van der Waals surface area contributed by atoms with Crippen molar-refractivity contribution in [2.75, 3.05) is 0 Å². The van der Waals surface area contributed by atoms with Gasteiger partial charge in [0.1, 0.15) is 5.70 Å². The minimum atomic E-state index is -0.269. The molecule has 0 aliphatic carbocycles. The maximum atomic E-state index is 11.6. The van der Waals surface area contributed by atoms with Crippen LogP contribution >= 0.6 is 0 Å². The zero-order valence-electron chi connectivity index (χ0n) is 9.35. The first-order valence-corrected chi connectivity index (χ1v) is 4.44. The van der Waals surface area contributed by atoms with Gasteiger partial charge in [-0.25, -0.2) is 0 Å². The van der Waals surface area contributed by atoms with E-state index in [1.165, 1.54) is 0 Å². The molecule has 0 aromatic rings. The van der Waals surface area contributed by atoms with Gasteiger partial charge >= 0.3 is 0 Å². The molecular weight excluding hydrogens is 176 g/mol. The van der Waals surface area contributed by atoms with Gasteiger partial charge in [0.15, 0.2) is 0 Å². The average molecular weight is 196 g/mol. The molecule has 0 saturated carbocycles. The smallest absolute Gasteiger partial charge is 0.270 e. The summed E-state index contributed by atoms with van der Waals surface area (Å²) in [6.45, 7) is 14.5. The van der Waals surface area contributed by atoms with E-state index in [1.54, 1.807) is 13.0 Å². The first-order valence-electron chi connectivity index (χ1n) is 4.44. The summed E-state index contributed by atoms with van der Waals surface area (Å²) in [4.78, 5) is 15.3. The van der Waals surface area contributed by atoms with E-state index in [0.29, 0.717) is 5.70 Å². The fourth-order valence-corrected chi connectivity index (χ4v) is 0.872. The number of nitrogens with one attached hydrogen (secondary N) is 1. The van der Waals surface area contributed by atoms with Gasteiger partial charge in [-0.15, -0.1) is 0 Å². The second-order valence-electron chi connectivity index (χ2n) is 4.10. The summed E-state index contributed by atoms with van der Waals surface area (Å²) in [7, 11) is 0. The molecule has 0 aromatic heterocycles. The highest BCUT2D eigenvalue weighted by Crippen LogP contribution is 2.08. The number of nitrogens with zero attached hydrogens (tertiary/aromatic N) is 1. The maximum absolute atomic E-state index is 11.6. The van der Waals surface area contributed by atoms with Crippen molar-refractivity contribution in [1.82, 2.24) is 5.32 Å². The lowest BCUT2D eigenvalue weighted by atomic mass is 10.1. The fourth-order valence-electron chi connectivity index (χ4n) is 0.872. The fraction of sp³-hybridized carbons (Fsp3) is 0.455. The number of hydrogen-bond donors (Lipinski definition) is 1. The zero-order chi connectivity index (χ0) is 11.4. The third-order valence-electron chi connectivity index (χ3n) is 1.54. The first-order chi connectivity index (χ1) is 6.31. The molecule has 0 bridgehead atoms. The summed E-state index contributed by atoms with van der Waals surface area (Å²) in [5.41, 5.74) is 0.783. The minimum Gasteiger partial charge on any atom is -0.346 e. The van der Waals surface area contributed by atoms with E-state index in [1.807, 2.05) is 20.8 Å². The van der Waals surface area contributed by atoms with Crippen molar-refractivity contribution in [3.05, 3.63) is 23.9 Å². The first kappa shape index (κ1) is 12.6. The molecule has 3 heteroatoms. The molecular formula is C11H20N2O. The van der Waals surface area contributed by atoms with E-state index < -0.39 is 0 Å². The van der Waals surface area contributed by atoms with Gasteiger partial charge in [0.05, 0.1) is 0 Å². The normalized spacial score (nSPS) is 12.9. The third-order valence-corrected chi connectivity index (χ3v) is 1.54. The SMILES string of the molecule is C=C/C(C)=C(\N=C)C(=O)NC(C)(C)C.[HH]. The van der Waals surface area contributed by atoms with E-state index in [4.69, 9.17) is 0 Å². The van der Waals surface area contributed by atoms with Crippen molar-refractivity contribution in [2.45, 2.75) is 33.2 Å². The summed E-state index contributed by atoms with van der Waals surface area (Å²) in [6, 6.07) is 0. The maximum Gasteiger partial charge on any atom is 0.270 e. The van der Waals surface area contributed by atoms with Gasteiger partial charge in [-0.3, -0.25) is 9.79 Å². The lowest BCUT2D eigenvalue weighted by molar-refractivity contribution is -0.118. The molecule has 80 valence electrons. The number of carbonyl (C=O) groups excluding carboxylic acids is 1. The van der Waals surface area contributed by atoms with Gasteiger partial charge in [0.2, 0.25) is 0 Å².